The summed E-state index contributed by atoms with van der Waals surface area (Å²) in [6.07, 6.45) is -0.705. The zero-order valence-electron chi connectivity index (χ0n) is 16.0. The van der Waals surface area contributed by atoms with Crippen LogP contribution in [0.4, 0.5) is 10.1 Å². The topological polar surface area (TPSA) is 140 Å². The summed E-state index contributed by atoms with van der Waals surface area (Å²) in [5, 5.41) is 19.1. The number of nitrogens with one attached hydrogen (secondary N) is 2. The van der Waals surface area contributed by atoms with Gasteiger partial charge in [-0.25, -0.2) is 14.0 Å². The number of aliphatic imine (C=N–C) groups is 1. The van der Waals surface area contributed by atoms with Gasteiger partial charge in [-0.15, -0.1) is 0 Å². The first-order valence-corrected chi connectivity index (χ1v) is 9.16. The van der Waals surface area contributed by atoms with Crippen molar-refractivity contribution in [2.45, 2.75) is 25.7 Å². The number of rotatable bonds is 7. The molecule has 2 heterocycles. The largest absolute Gasteiger partial charge is 0.472 e. The third-order valence-corrected chi connectivity index (χ3v) is 4.16. The molecule has 30 heavy (non-hydrogen) atoms. The number of amides is 1. The number of benzene rings is 1. The molecule has 0 bridgehead atoms. The molecular formula is C17H19ClFN5O6. The number of aromatic nitrogens is 2. The maximum Gasteiger partial charge on any atom is 0.287 e. The highest BCUT2D eigenvalue weighted by molar-refractivity contribution is 6.31. The minimum Gasteiger partial charge on any atom is -0.472 e. The number of carbonyl (C=O) groups is 1. The van der Waals surface area contributed by atoms with Gasteiger partial charge in [-0.2, -0.15) is 0 Å². The zero-order valence-corrected chi connectivity index (χ0v) is 16.8. The molecule has 1 unspecified atom stereocenters. The van der Waals surface area contributed by atoms with Crippen LogP contribution in [0.1, 0.15) is 19.5 Å². The molecule has 0 saturated carbocycles. The third kappa shape index (κ3) is 5.42. The number of carbonyl (C=O) groups excluding carboxylic acids is 1. The van der Waals surface area contributed by atoms with Crippen molar-refractivity contribution in [1.29, 1.82) is 0 Å². The van der Waals surface area contributed by atoms with Gasteiger partial charge in [0.25, 0.3) is 11.8 Å². The van der Waals surface area contributed by atoms with E-state index >= 15 is 0 Å². The molecule has 13 heteroatoms. The molecule has 0 spiro atoms. The molecule has 1 aliphatic heterocycles. The lowest BCUT2D eigenvalue weighted by atomic mass is 10.3. The fourth-order valence-corrected chi connectivity index (χ4v) is 2.66. The first kappa shape index (κ1) is 21.9. The lowest BCUT2D eigenvalue weighted by molar-refractivity contribution is -0.153. The highest BCUT2D eigenvalue weighted by atomic mass is 35.5. The molecule has 3 N–H and O–H groups in total. The van der Waals surface area contributed by atoms with Gasteiger partial charge in [0.2, 0.25) is 5.69 Å². The Morgan fingerprint density at radius 2 is 2.27 bits per heavy atom. The van der Waals surface area contributed by atoms with E-state index < -0.39 is 17.7 Å². The molecular weight excluding hydrogens is 425 g/mol. The minimum absolute atomic E-state index is 0.0189. The molecule has 0 radical (unpaired) electrons. The van der Waals surface area contributed by atoms with Gasteiger partial charge in [0.05, 0.1) is 23.9 Å². The van der Waals surface area contributed by atoms with Crippen molar-refractivity contribution < 1.29 is 33.2 Å². The van der Waals surface area contributed by atoms with Crippen molar-refractivity contribution >= 4 is 29.0 Å². The van der Waals surface area contributed by atoms with E-state index in [-0.39, 0.29) is 53.8 Å². The predicted molar refractivity (Wildman–Crippen MR) is 100 cm³/mol. The molecule has 3 rings (SSSR count). The van der Waals surface area contributed by atoms with E-state index in [9.17, 15) is 14.4 Å². The summed E-state index contributed by atoms with van der Waals surface area (Å²) in [5.41, 5.74) is 2.05. The van der Waals surface area contributed by atoms with Crippen LogP contribution in [0, 0.1) is 5.82 Å². The van der Waals surface area contributed by atoms with Gasteiger partial charge in [0.15, 0.2) is 17.7 Å². The number of ether oxygens (including phenoxy) is 3. The quantitative estimate of drug-likeness (QED) is 0.251. The van der Waals surface area contributed by atoms with Crippen molar-refractivity contribution in [3.63, 3.8) is 0 Å². The Hall–Kier alpha value is -2.80. The van der Waals surface area contributed by atoms with Crippen LogP contribution in [0.2, 0.25) is 5.02 Å². The van der Waals surface area contributed by atoms with Gasteiger partial charge in [0.1, 0.15) is 12.4 Å². The number of halogens is 2. The Balaban J connectivity index is 1.57. The SMILES string of the molecule is CC1(C)OCC(C(=O)NCCOc2nonc2C(=Nc2ccc(F)c(Cl)c2)NO)O1. The van der Waals surface area contributed by atoms with Crippen LogP contribution in [-0.2, 0) is 14.3 Å². The molecule has 1 aliphatic rings. The normalized spacial score (nSPS) is 18.3. The van der Waals surface area contributed by atoms with E-state index in [4.69, 9.17) is 25.8 Å². The van der Waals surface area contributed by atoms with Crippen LogP contribution in [-0.4, -0.2) is 58.9 Å². The van der Waals surface area contributed by atoms with E-state index in [0.717, 1.165) is 6.07 Å². The minimum atomic E-state index is -0.804. The van der Waals surface area contributed by atoms with Crippen LogP contribution in [0.25, 0.3) is 0 Å². The van der Waals surface area contributed by atoms with E-state index in [1.807, 2.05) is 5.48 Å². The molecule has 0 aliphatic carbocycles. The second kappa shape index (κ2) is 9.34. The van der Waals surface area contributed by atoms with Crippen LogP contribution in [0.3, 0.4) is 0 Å². The Kier molecular flexibility index (Phi) is 6.82. The average molecular weight is 444 g/mol. The van der Waals surface area contributed by atoms with Crippen LogP contribution in [0.15, 0.2) is 27.8 Å². The summed E-state index contributed by atoms with van der Waals surface area (Å²) < 4.78 is 34.1. The number of hydrogen-bond donors (Lipinski definition) is 3. The molecule has 1 saturated heterocycles. The second-order valence-electron chi connectivity index (χ2n) is 6.55. The first-order chi connectivity index (χ1) is 14.3. The smallest absolute Gasteiger partial charge is 0.287 e. The highest BCUT2D eigenvalue weighted by Crippen LogP contribution is 2.24. The van der Waals surface area contributed by atoms with Gasteiger partial charge in [-0.1, -0.05) is 11.6 Å². The summed E-state index contributed by atoms with van der Waals surface area (Å²) in [6.45, 7) is 3.75. The van der Waals surface area contributed by atoms with Crippen molar-refractivity contribution in [2.75, 3.05) is 19.8 Å². The number of nitrogens with zero attached hydrogens (tertiary/aromatic N) is 3. The summed E-state index contributed by atoms with van der Waals surface area (Å²) in [7, 11) is 0. The van der Waals surface area contributed by atoms with Crippen LogP contribution < -0.4 is 15.5 Å². The number of hydrogen-bond acceptors (Lipinski definition) is 9. The second-order valence-corrected chi connectivity index (χ2v) is 6.95. The predicted octanol–water partition coefficient (Wildman–Crippen LogP) is 1.57. The molecule has 1 atom stereocenters. The van der Waals surface area contributed by atoms with Gasteiger partial charge in [-0.05, 0) is 42.4 Å². The van der Waals surface area contributed by atoms with Crippen molar-refractivity contribution in [2.24, 2.45) is 4.99 Å². The fraction of sp³-hybridized carbons (Fsp3) is 0.412. The van der Waals surface area contributed by atoms with E-state index in [2.05, 4.69) is 25.3 Å². The average Bonchev–Trinajstić information content (AvgIpc) is 3.32. The summed E-state index contributed by atoms with van der Waals surface area (Å²) in [6, 6.07) is 3.73. The Morgan fingerprint density at radius 3 is 2.93 bits per heavy atom. The summed E-state index contributed by atoms with van der Waals surface area (Å²) in [5.74, 6) is -2.01. The molecule has 162 valence electrons. The van der Waals surface area contributed by atoms with Crippen molar-refractivity contribution in [3.8, 4) is 5.88 Å². The maximum absolute atomic E-state index is 13.3. The molecule has 1 aromatic heterocycles. The third-order valence-electron chi connectivity index (χ3n) is 3.87. The maximum atomic E-state index is 13.3. The molecule has 2 aromatic rings. The van der Waals surface area contributed by atoms with E-state index in [1.54, 1.807) is 13.8 Å². The Bertz CT molecular complexity index is 937. The van der Waals surface area contributed by atoms with Gasteiger partial charge in [-0.3, -0.25) is 15.5 Å². The molecule has 1 fully saturated rings. The molecule has 1 amide bonds. The number of amidine groups is 1. The lowest BCUT2D eigenvalue weighted by Gasteiger charge is -2.16. The van der Waals surface area contributed by atoms with E-state index in [0.29, 0.717) is 0 Å². The summed E-state index contributed by atoms with van der Waals surface area (Å²) >= 11 is 5.72. The van der Waals surface area contributed by atoms with Crippen LogP contribution in [0.5, 0.6) is 5.88 Å². The Labute approximate surface area is 175 Å². The summed E-state index contributed by atoms with van der Waals surface area (Å²) in [4.78, 5) is 16.1. The van der Waals surface area contributed by atoms with Gasteiger partial charge >= 0.3 is 0 Å². The lowest BCUT2D eigenvalue weighted by Crippen LogP contribution is -2.39. The zero-order chi connectivity index (χ0) is 21.7. The van der Waals surface area contributed by atoms with Crippen LogP contribution >= 0.6 is 11.6 Å². The molecule has 1 aromatic carbocycles. The standard InChI is InChI=1S/C17H19ClFN5O6/c1-17(2)28-8-12(29-17)15(25)20-5-6-27-16-13(23-30-24-16)14(22-26)21-9-3-4-11(19)10(18)7-9/h3-4,7,12,26H,5-6,8H2,1-2H3,(H,20,25)(H,21,22). The monoisotopic (exact) mass is 443 g/mol. The Morgan fingerprint density at radius 1 is 1.47 bits per heavy atom. The number of hydroxylamine groups is 1. The van der Waals surface area contributed by atoms with Gasteiger partial charge in [0, 0.05) is 0 Å². The van der Waals surface area contributed by atoms with Crippen molar-refractivity contribution in [1.82, 2.24) is 21.1 Å². The fourth-order valence-electron chi connectivity index (χ4n) is 2.49. The van der Waals surface area contributed by atoms with Gasteiger partial charge < -0.3 is 19.5 Å². The van der Waals surface area contributed by atoms with E-state index in [1.165, 1.54) is 12.1 Å². The highest BCUT2D eigenvalue weighted by Gasteiger charge is 2.36. The van der Waals surface area contributed by atoms with Crippen molar-refractivity contribution in [3.05, 3.63) is 34.7 Å². The molecule has 11 nitrogen and oxygen atoms in total. The first-order valence-electron chi connectivity index (χ1n) is 8.78.